The minimum Gasteiger partial charge on any atom is -0.361 e. The number of carbonyl (C=O) groups excluding carboxylic acids is 1. The van der Waals surface area contributed by atoms with E-state index >= 15 is 0 Å². The highest BCUT2D eigenvalue weighted by Crippen LogP contribution is 2.36. The number of rotatable bonds is 8. The molecule has 0 spiro atoms. The second-order valence-corrected chi connectivity index (χ2v) is 11.4. The van der Waals surface area contributed by atoms with E-state index in [0.29, 0.717) is 24.2 Å². The molecule has 0 bridgehead atoms. The van der Waals surface area contributed by atoms with Gasteiger partial charge in [-0.25, -0.2) is 0 Å². The summed E-state index contributed by atoms with van der Waals surface area (Å²) in [4.78, 5) is 22.3. The maximum Gasteiger partial charge on any atom is 0.222 e. The van der Waals surface area contributed by atoms with Gasteiger partial charge in [-0.15, -0.1) is 4.99 Å². The second-order valence-electron chi connectivity index (χ2n) is 11.4. The van der Waals surface area contributed by atoms with Crippen LogP contribution >= 0.6 is 0 Å². The van der Waals surface area contributed by atoms with Crippen LogP contribution in [0.2, 0.25) is 0 Å². The molecule has 1 N–H and O–H groups in total. The molecular weight excluding hydrogens is 562 g/mol. The number of nitrogens with zero attached hydrogens (tertiary/aromatic N) is 6. The lowest BCUT2D eigenvalue weighted by atomic mass is 9.93. The number of pyridine rings is 1. The number of imidazole rings is 1. The molecule has 45 heavy (non-hydrogen) atoms. The summed E-state index contributed by atoms with van der Waals surface area (Å²) >= 11 is 0. The first kappa shape index (κ1) is 29.6. The van der Waals surface area contributed by atoms with Crippen molar-refractivity contribution in [3.63, 3.8) is 0 Å². The molecule has 6 aromatic rings. The van der Waals surface area contributed by atoms with Crippen LogP contribution in [0.15, 0.2) is 88.5 Å². The van der Waals surface area contributed by atoms with Crippen molar-refractivity contribution in [2.75, 3.05) is 0 Å². The quantitative estimate of drug-likeness (QED) is 0.199. The summed E-state index contributed by atoms with van der Waals surface area (Å²) in [5.74, 6) is 0.675. The third-order valence-corrected chi connectivity index (χ3v) is 8.58. The van der Waals surface area contributed by atoms with Crippen LogP contribution in [-0.2, 0) is 18.3 Å². The van der Waals surface area contributed by atoms with Crippen LogP contribution < -0.4 is 10.9 Å². The molecule has 0 radical (unpaired) electrons. The molecule has 0 saturated heterocycles. The van der Waals surface area contributed by atoms with Gasteiger partial charge in [0.2, 0.25) is 17.7 Å². The first-order valence-corrected chi connectivity index (χ1v) is 15.1. The van der Waals surface area contributed by atoms with Crippen LogP contribution in [0, 0.1) is 25.3 Å². The van der Waals surface area contributed by atoms with E-state index < -0.39 is 0 Å². The molecule has 0 fully saturated rings. The summed E-state index contributed by atoms with van der Waals surface area (Å²) in [7, 11) is 1.90. The van der Waals surface area contributed by atoms with E-state index in [9.17, 15) is 10.1 Å². The van der Waals surface area contributed by atoms with Crippen molar-refractivity contribution in [3.05, 3.63) is 113 Å². The predicted octanol–water partition coefficient (Wildman–Crippen LogP) is 6.60. The first-order valence-electron chi connectivity index (χ1n) is 15.1. The number of fused-ring (bicyclic) bond motifs is 3. The van der Waals surface area contributed by atoms with Gasteiger partial charge < -0.3 is 19.0 Å². The minimum atomic E-state index is -0.122. The van der Waals surface area contributed by atoms with E-state index in [1.54, 1.807) is 0 Å². The van der Waals surface area contributed by atoms with Crippen molar-refractivity contribution in [1.82, 2.24) is 24.6 Å². The third-order valence-electron chi connectivity index (χ3n) is 8.58. The standard InChI is InChI=1S/C36H35N7O2/c1-22(26-12-8-6-9-13-26)40-33(44)17-16-28-18-30-31(19-29(28)34-23(2)41-45-25(34)4)38-20-32-35(30)43(36(39-21-37)42(32)5)24(3)27-14-10-7-11-15-27/h6-15,18-20,22,24H,16-17H2,1-5H3,(H,40,44)/t22-,24-/m1/s1. The first-order chi connectivity index (χ1) is 21.8. The topological polar surface area (TPSA) is 114 Å². The van der Waals surface area contributed by atoms with Crippen LogP contribution in [0.5, 0.6) is 0 Å². The Morgan fingerprint density at radius 3 is 2.38 bits per heavy atom. The molecule has 0 aliphatic carbocycles. The van der Waals surface area contributed by atoms with Crippen molar-refractivity contribution < 1.29 is 9.32 Å². The Labute approximate surface area is 261 Å². The largest absolute Gasteiger partial charge is 0.361 e. The van der Waals surface area contributed by atoms with Crippen molar-refractivity contribution in [2.45, 2.75) is 52.6 Å². The number of hydrogen-bond donors (Lipinski definition) is 1. The van der Waals surface area contributed by atoms with Crippen LogP contribution in [0.4, 0.5) is 0 Å². The molecule has 2 atom stereocenters. The lowest BCUT2D eigenvalue weighted by Gasteiger charge is -2.18. The zero-order valence-electron chi connectivity index (χ0n) is 26.1. The summed E-state index contributed by atoms with van der Waals surface area (Å²) in [5, 5.41) is 17.9. The lowest BCUT2D eigenvalue weighted by Crippen LogP contribution is -2.27. The van der Waals surface area contributed by atoms with Crippen LogP contribution in [-0.4, -0.2) is 25.2 Å². The highest BCUT2D eigenvalue weighted by atomic mass is 16.5. The van der Waals surface area contributed by atoms with Gasteiger partial charge in [-0.1, -0.05) is 65.8 Å². The summed E-state index contributed by atoms with van der Waals surface area (Å²) in [6, 6.07) is 24.1. The van der Waals surface area contributed by atoms with Gasteiger partial charge in [0.05, 0.1) is 40.5 Å². The monoisotopic (exact) mass is 597 g/mol. The van der Waals surface area contributed by atoms with Crippen molar-refractivity contribution in [1.29, 1.82) is 5.26 Å². The van der Waals surface area contributed by atoms with Crippen molar-refractivity contribution >= 4 is 27.8 Å². The molecule has 3 heterocycles. The average molecular weight is 598 g/mol. The molecule has 226 valence electrons. The van der Waals surface area contributed by atoms with Gasteiger partial charge in [0.15, 0.2) is 0 Å². The summed E-state index contributed by atoms with van der Waals surface area (Å²) in [6.45, 7) is 7.92. The Morgan fingerprint density at radius 1 is 1.04 bits per heavy atom. The molecule has 3 aromatic carbocycles. The van der Waals surface area contributed by atoms with Crippen LogP contribution in [0.1, 0.15) is 60.5 Å². The van der Waals surface area contributed by atoms with E-state index in [1.807, 2.05) is 93.3 Å². The molecule has 3 aromatic heterocycles. The van der Waals surface area contributed by atoms with Gasteiger partial charge in [0, 0.05) is 24.4 Å². The van der Waals surface area contributed by atoms with E-state index in [-0.39, 0.29) is 18.0 Å². The number of amides is 1. The maximum absolute atomic E-state index is 13.2. The van der Waals surface area contributed by atoms with E-state index in [4.69, 9.17) is 9.51 Å². The average Bonchev–Trinajstić information content (AvgIpc) is 3.54. The number of nitrogens with one attached hydrogen (secondary N) is 1. The van der Waals surface area contributed by atoms with Gasteiger partial charge in [-0.3, -0.25) is 9.78 Å². The molecule has 9 nitrogen and oxygen atoms in total. The summed E-state index contributed by atoms with van der Waals surface area (Å²) < 4.78 is 9.57. The number of hydrogen-bond acceptors (Lipinski definition) is 6. The number of aromatic nitrogens is 4. The number of benzene rings is 3. The number of aryl methyl sites for hydroxylation is 4. The fourth-order valence-electron chi connectivity index (χ4n) is 6.24. The highest BCUT2D eigenvalue weighted by Gasteiger charge is 2.23. The maximum atomic E-state index is 13.2. The Morgan fingerprint density at radius 2 is 1.73 bits per heavy atom. The lowest BCUT2D eigenvalue weighted by molar-refractivity contribution is -0.121. The molecule has 1 amide bonds. The Hall–Kier alpha value is -5.49. The zero-order valence-corrected chi connectivity index (χ0v) is 26.1. The Balaban J connectivity index is 1.51. The van der Waals surface area contributed by atoms with Crippen LogP contribution in [0.3, 0.4) is 0 Å². The molecule has 0 unspecified atom stereocenters. The molecular formula is C36H35N7O2. The summed E-state index contributed by atoms with van der Waals surface area (Å²) in [5.41, 5.74) is 8.84. The van der Waals surface area contributed by atoms with Crippen molar-refractivity contribution in [3.8, 4) is 17.3 Å². The Kier molecular flexibility index (Phi) is 8.05. The SMILES string of the molecule is Cc1noc(C)c1-c1cc2ncc3c(c2cc1CCC(=O)N[C@H](C)c1ccccc1)n([C@H](C)c1ccccc1)c(=NC#N)n3C. The number of nitriles is 1. The minimum absolute atomic E-state index is 0.0323. The smallest absolute Gasteiger partial charge is 0.222 e. The van der Waals surface area contributed by atoms with Gasteiger partial charge in [0.1, 0.15) is 5.76 Å². The molecule has 0 aliphatic heterocycles. The fourth-order valence-corrected chi connectivity index (χ4v) is 6.24. The third kappa shape index (κ3) is 5.51. The van der Waals surface area contributed by atoms with E-state index in [1.165, 1.54) is 0 Å². The van der Waals surface area contributed by atoms with E-state index in [0.717, 1.165) is 55.4 Å². The molecule has 6 rings (SSSR count). The molecule has 0 aliphatic rings. The highest BCUT2D eigenvalue weighted by molar-refractivity contribution is 6.04. The normalized spacial score (nSPS) is 13.2. The van der Waals surface area contributed by atoms with Gasteiger partial charge >= 0.3 is 0 Å². The van der Waals surface area contributed by atoms with E-state index in [2.05, 4.69) is 51.2 Å². The zero-order chi connectivity index (χ0) is 31.7. The fraction of sp³-hybridized carbons (Fsp3) is 0.250. The Bertz CT molecular complexity index is 2110. The van der Waals surface area contributed by atoms with Gasteiger partial charge in [-0.05, 0) is 68.5 Å². The van der Waals surface area contributed by atoms with Gasteiger partial charge in [-0.2, -0.15) is 5.26 Å². The van der Waals surface area contributed by atoms with Gasteiger partial charge in [0.25, 0.3) is 0 Å². The molecule has 9 heteroatoms. The second kappa shape index (κ2) is 12.2. The predicted molar refractivity (Wildman–Crippen MR) is 174 cm³/mol. The van der Waals surface area contributed by atoms with Crippen molar-refractivity contribution in [2.24, 2.45) is 12.0 Å². The molecule has 0 saturated carbocycles. The van der Waals surface area contributed by atoms with Crippen LogP contribution in [0.25, 0.3) is 33.1 Å². The summed E-state index contributed by atoms with van der Waals surface area (Å²) in [6.07, 6.45) is 4.62. The number of carbonyl (C=O) groups is 1.